The fourth-order valence-corrected chi connectivity index (χ4v) is 2.11. The topological polar surface area (TPSA) is 122 Å². The molecule has 1 aliphatic rings. The summed E-state index contributed by atoms with van der Waals surface area (Å²) in [7, 11) is 0. The molecule has 1 heterocycles. The van der Waals surface area contributed by atoms with Gasteiger partial charge in [0.25, 0.3) is 0 Å². The number of rotatable bonds is 7. The van der Waals surface area contributed by atoms with Crippen LogP contribution < -0.4 is 10.6 Å². The summed E-state index contributed by atoms with van der Waals surface area (Å²) in [5.74, 6) is -3.16. The maximum atomic E-state index is 11.9. The summed E-state index contributed by atoms with van der Waals surface area (Å²) in [6.07, 6.45) is 0.472. The quantitative estimate of drug-likeness (QED) is 0.541. The van der Waals surface area contributed by atoms with Gasteiger partial charge in [0, 0.05) is 6.42 Å². The molecule has 21 heavy (non-hydrogen) atoms. The van der Waals surface area contributed by atoms with Crippen molar-refractivity contribution < 1.29 is 29.0 Å². The minimum absolute atomic E-state index is 0.109. The summed E-state index contributed by atoms with van der Waals surface area (Å²) in [6.45, 7) is 3.41. The molecule has 0 aliphatic carbocycles. The van der Waals surface area contributed by atoms with E-state index in [4.69, 9.17) is 4.74 Å². The average molecular weight is 300 g/mol. The van der Waals surface area contributed by atoms with Crippen molar-refractivity contribution in [3.05, 3.63) is 0 Å². The molecular formula is C13H20N2O6. The van der Waals surface area contributed by atoms with Crippen molar-refractivity contribution in [1.82, 2.24) is 10.6 Å². The van der Waals surface area contributed by atoms with Crippen LogP contribution in [0.4, 0.5) is 0 Å². The molecule has 8 heteroatoms. The first-order valence-corrected chi connectivity index (χ1v) is 6.83. The van der Waals surface area contributed by atoms with E-state index in [0.717, 1.165) is 0 Å². The number of carbonyl (C=O) groups excluding carboxylic acids is 3. The van der Waals surface area contributed by atoms with E-state index < -0.39 is 35.8 Å². The highest BCUT2D eigenvalue weighted by Gasteiger charge is 2.33. The largest absolute Gasteiger partial charge is 0.480 e. The lowest BCUT2D eigenvalue weighted by Crippen LogP contribution is -2.51. The SMILES string of the molecule is CCOC(=O)C[C@@H](C)[C@H](NC(=O)[C@H]1CCC(=O)N1)C(=O)O. The minimum Gasteiger partial charge on any atom is -0.480 e. The molecule has 1 fully saturated rings. The molecule has 0 aromatic heterocycles. The maximum absolute atomic E-state index is 11.9. The first-order valence-electron chi connectivity index (χ1n) is 6.83. The summed E-state index contributed by atoms with van der Waals surface area (Å²) in [4.78, 5) is 45.6. The van der Waals surface area contributed by atoms with E-state index in [1.54, 1.807) is 13.8 Å². The molecule has 0 unspecified atom stereocenters. The van der Waals surface area contributed by atoms with Gasteiger partial charge < -0.3 is 20.5 Å². The zero-order valence-electron chi connectivity index (χ0n) is 12.0. The van der Waals surface area contributed by atoms with Crippen molar-refractivity contribution in [2.24, 2.45) is 5.92 Å². The Balaban J connectivity index is 2.60. The molecule has 3 atom stereocenters. The number of carboxylic acid groups (broad SMARTS) is 1. The van der Waals surface area contributed by atoms with E-state index in [1.165, 1.54) is 0 Å². The number of hydrogen-bond acceptors (Lipinski definition) is 5. The number of amides is 2. The van der Waals surface area contributed by atoms with Gasteiger partial charge in [0.05, 0.1) is 13.0 Å². The molecule has 1 aliphatic heterocycles. The summed E-state index contributed by atoms with van der Waals surface area (Å²) in [6, 6.07) is -1.92. The molecule has 1 saturated heterocycles. The lowest BCUT2D eigenvalue weighted by molar-refractivity contribution is -0.147. The van der Waals surface area contributed by atoms with Gasteiger partial charge in [-0.15, -0.1) is 0 Å². The molecule has 1 rings (SSSR count). The number of carbonyl (C=O) groups is 4. The Morgan fingerprint density at radius 1 is 1.48 bits per heavy atom. The van der Waals surface area contributed by atoms with Crippen LogP contribution in [0.5, 0.6) is 0 Å². The van der Waals surface area contributed by atoms with Gasteiger partial charge >= 0.3 is 11.9 Å². The Bertz CT molecular complexity index is 436. The Kier molecular flexibility index (Phi) is 6.13. The zero-order valence-corrected chi connectivity index (χ0v) is 12.0. The number of hydrogen-bond donors (Lipinski definition) is 3. The first-order chi connectivity index (χ1) is 9.85. The van der Waals surface area contributed by atoms with Gasteiger partial charge in [-0.25, -0.2) is 4.79 Å². The first kappa shape index (κ1) is 16.9. The summed E-state index contributed by atoms with van der Waals surface area (Å²) >= 11 is 0. The predicted molar refractivity (Wildman–Crippen MR) is 71.1 cm³/mol. The molecule has 0 saturated carbocycles. The lowest BCUT2D eigenvalue weighted by Gasteiger charge is -2.22. The highest BCUT2D eigenvalue weighted by molar-refractivity contribution is 5.93. The standard InChI is InChI=1S/C13H20N2O6/c1-3-21-10(17)6-7(2)11(13(19)20)15-12(18)8-4-5-9(16)14-8/h7-8,11H,3-6H2,1-2H3,(H,14,16)(H,15,18)(H,19,20)/t7-,8-,11+/m1/s1. The van der Waals surface area contributed by atoms with Crippen LogP contribution in [-0.4, -0.2) is 47.6 Å². The fraction of sp³-hybridized carbons (Fsp3) is 0.692. The van der Waals surface area contributed by atoms with Crippen molar-refractivity contribution in [1.29, 1.82) is 0 Å². The van der Waals surface area contributed by atoms with Crippen molar-refractivity contribution in [2.45, 2.75) is 45.2 Å². The third-order valence-corrected chi connectivity index (χ3v) is 3.24. The van der Waals surface area contributed by atoms with E-state index in [-0.39, 0.29) is 25.4 Å². The van der Waals surface area contributed by atoms with Gasteiger partial charge in [-0.3, -0.25) is 14.4 Å². The van der Waals surface area contributed by atoms with E-state index in [1.807, 2.05) is 0 Å². The molecule has 0 radical (unpaired) electrons. The van der Waals surface area contributed by atoms with Crippen molar-refractivity contribution in [2.75, 3.05) is 6.61 Å². The van der Waals surface area contributed by atoms with Crippen LogP contribution >= 0.6 is 0 Å². The normalized spacial score (nSPS) is 20.3. The van der Waals surface area contributed by atoms with Gasteiger partial charge in [-0.1, -0.05) is 6.92 Å². The molecule has 0 aromatic carbocycles. The third-order valence-electron chi connectivity index (χ3n) is 3.24. The van der Waals surface area contributed by atoms with Crippen molar-refractivity contribution >= 4 is 23.8 Å². The summed E-state index contributed by atoms with van der Waals surface area (Å²) in [5.41, 5.74) is 0. The number of esters is 1. The second-order valence-corrected chi connectivity index (χ2v) is 4.97. The predicted octanol–water partition coefficient (Wildman–Crippen LogP) is -0.576. The number of ether oxygens (including phenoxy) is 1. The van der Waals surface area contributed by atoms with Crippen LogP contribution in [0.3, 0.4) is 0 Å². The van der Waals surface area contributed by atoms with Crippen molar-refractivity contribution in [3.63, 3.8) is 0 Å². The highest BCUT2D eigenvalue weighted by atomic mass is 16.5. The Morgan fingerprint density at radius 2 is 2.14 bits per heavy atom. The average Bonchev–Trinajstić information content (AvgIpc) is 2.82. The molecule has 8 nitrogen and oxygen atoms in total. The van der Waals surface area contributed by atoms with Gasteiger partial charge in [0.1, 0.15) is 12.1 Å². The summed E-state index contributed by atoms with van der Waals surface area (Å²) in [5, 5.41) is 14.0. The fourth-order valence-electron chi connectivity index (χ4n) is 2.11. The van der Waals surface area contributed by atoms with E-state index in [0.29, 0.717) is 6.42 Å². The number of aliphatic carboxylic acids is 1. The van der Waals surface area contributed by atoms with Gasteiger partial charge in [0.2, 0.25) is 11.8 Å². The van der Waals surface area contributed by atoms with E-state index in [2.05, 4.69) is 10.6 Å². The van der Waals surface area contributed by atoms with Crippen LogP contribution in [0.1, 0.15) is 33.1 Å². The lowest BCUT2D eigenvalue weighted by atomic mass is 9.98. The van der Waals surface area contributed by atoms with E-state index >= 15 is 0 Å². The van der Waals surface area contributed by atoms with Crippen LogP contribution in [0, 0.1) is 5.92 Å². The van der Waals surface area contributed by atoms with Gasteiger partial charge in [0.15, 0.2) is 0 Å². The molecule has 0 aromatic rings. The summed E-state index contributed by atoms with van der Waals surface area (Å²) < 4.78 is 4.76. The van der Waals surface area contributed by atoms with E-state index in [9.17, 15) is 24.3 Å². The Morgan fingerprint density at radius 3 is 2.62 bits per heavy atom. The Hall–Kier alpha value is -2.12. The Labute approximate surface area is 122 Å². The van der Waals surface area contributed by atoms with Crippen LogP contribution in [-0.2, 0) is 23.9 Å². The van der Waals surface area contributed by atoms with Crippen molar-refractivity contribution in [3.8, 4) is 0 Å². The molecule has 3 N–H and O–H groups in total. The second-order valence-electron chi connectivity index (χ2n) is 4.97. The molecule has 0 spiro atoms. The second kappa shape index (κ2) is 7.61. The number of carboxylic acids is 1. The molecular weight excluding hydrogens is 280 g/mol. The zero-order chi connectivity index (χ0) is 16.0. The number of nitrogens with one attached hydrogen (secondary N) is 2. The third kappa shape index (κ3) is 5.05. The van der Waals surface area contributed by atoms with Gasteiger partial charge in [-0.2, -0.15) is 0 Å². The molecule has 118 valence electrons. The van der Waals surface area contributed by atoms with Crippen LogP contribution in [0.25, 0.3) is 0 Å². The monoisotopic (exact) mass is 300 g/mol. The van der Waals surface area contributed by atoms with Crippen LogP contribution in [0.15, 0.2) is 0 Å². The van der Waals surface area contributed by atoms with Gasteiger partial charge in [-0.05, 0) is 19.3 Å². The smallest absolute Gasteiger partial charge is 0.326 e. The molecule has 0 bridgehead atoms. The minimum atomic E-state index is -1.23. The molecule has 2 amide bonds. The van der Waals surface area contributed by atoms with Crippen LogP contribution in [0.2, 0.25) is 0 Å². The highest BCUT2D eigenvalue weighted by Crippen LogP contribution is 2.12. The maximum Gasteiger partial charge on any atom is 0.326 e.